The molecule has 1 aliphatic carbocycles. The highest BCUT2D eigenvalue weighted by Gasteiger charge is 2.40. The third kappa shape index (κ3) is 2.19. The molecule has 3 heterocycles. The quantitative estimate of drug-likeness (QED) is 0.818. The van der Waals surface area contributed by atoms with Gasteiger partial charge in [0.15, 0.2) is 0 Å². The summed E-state index contributed by atoms with van der Waals surface area (Å²) < 4.78 is 11.3. The highest BCUT2D eigenvalue weighted by Crippen LogP contribution is 2.46. The number of nitrogens with zero attached hydrogens (tertiary/aromatic N) is 3. The molecule has 104 valence electrons. The summed E-state index contributed by atoms with van der Waals surface area (Å²) in [5.41, 5.74) is 0. The number of ether oxygens (including phenoxy) is 1. The second-order valence-electron chi connectivity index (χ2n) is 6.28. The Hall–Kier alpha value is -0.940. The molecule has 1 aromatic heterocycles. The molecule has 0 radical (unpaired) electrons. The summed E-state index contributed by atoms with van der Waals surface area (Å²) >= 11 is 0. The van der Waals surface area contributed by atoms with Crippen LogP contribution in [0.5, 0.6) is 0 Å². The number of rotatable bonds is 2. The van der Waals surface area contributed by atoms with Crippen LogP contribution in [0.4, 0.5) is 0 Å². The first-order valence-electron chi connectivity index (χ1n) is 7.50. The third-order valence-corrected chi connectivity index (χ3v) is 4.81. The number of fused-ring (bicyclic) bond motifs is 1. The van der Waals surface area contributed by atoms with Crippen LogP contribution >= 0.6 is 0 Å². The molecule has 4 rings (SSSR count). The van der Waals surface area contributed by atoms with Gasteiger partial charge in [-0.3, -0.25) is 4.90 Å². The molecule has 1 aromatic rings. The molecule has 19 heavy (non-hydrogen) atoms. The number of piperidine rings is 1. The normalized spacial score (nSPS) is 39.0. The molecule has 4 atom stereocenters. The predicted octanol–water partition coefficient (Wildman–Crippen LogP) is 2.12. The summed E-state index contributed by atoms with van der Waals surface area (Å²) in [5.74, 6) is 2.75. The molecule has 3 fully saturated rings. The monoisotopic (exact) mass is 263 g/mol. The van der Waals surface area contributed by atoms with Crippen LogP contribution in [0.15, 0.2) is 4.52 Å². The Balaban J connectivity index is 1.45. The molecule has 3 aliphatic rings. The minimum absolute atomic E-state index is 0.000839. The largest absolute Gasteiger partial charge is 0.367 e. The maximum absolute atomic E-state index is 5.95. The van der Waals surface area contributed by atoms with Gasteiger partial charge < -0.3 is 9.26 Å². The number of morpholine rings is 1. The molecule has 0 unspecified atom stereocenters. The van der Waals surface area contributed by atoms with Crippen LogP contribution < -0.4 is 0 Å². The van der Waals surface area contributed by atoms with E-state index in [-0.39, 0.29) is 6.10 Å². The first kappa shape index (κ1) is 11.9. The van der Waals surface area contributed by atoms with Gasteiger partial charge in [0.25, 0.3) is 0 Å². The minimum atomic E-state index is 0.000839. The second kappa shape index (κ2) is 4.56. The van der Waals surface area contributed by atoms with Gasteiger partial charge in [0.1, 0.15) is 6.10 Å². The summed E-state index contributed by atoms with van der Waals surface area (Å²) in [6.45, 7) is 5.15. The van der Waals surface area contributed by atoms with Gasteiger partial charge in [0, 0.05) is 18.5 Å². The van der Waals surface area contributed by atoms with Crippen molar-refractivity contribution in [3.63, 3.8) is 0 Å². The molecule has 0 bridgehead atoms. The maximum Gasteiger partial charge on any atom is 0.230 e. The zero-order chi connectivity index (χ0) is 12.8. The molecule has 2 aliphatic heterocycles. The van der Waals surface area contributed by atoms with Crippen LogP contribution in [-0.4, -0.2) is 40.8 Å². The maximum atomic E-state index is 5.95. The van der Waals surface area contributed by atoms with E-state index in [1.54, 1.807) is 0 Å². The fourth-order valence-electron chi connectivity index (χ4n) is 3.33. The van der Waals surface area contributed by atoms with E-state index in [4.69, 9.17) is 9.26 Å². The zero-order valence-corrected chi connectivity index (χ0v) is 11.4. The summed E-state index contributed by atoms with van der Waals surface area (Å²) in [5, 5.41) is 4.14. The molecule has 0 spiro atoms. The number of aromatic nitrogens is 2. The van der Waals surface area contributed by atoms with Crippen molar-refractivity contribution in [2.75, 3.05) is 19.7 Å². The van der Waals surface area contributed by atoms with Crippen molar-refractivity contribution in [2.45, 2.75) is 50.7 Å². The highest BCUT2D eigenvalue weighted by atomic mass is 16.5. The van der Waals surface area contributed by atoms with Gasteiger partial charge in [-0.15, -0.1) is 0 Å². The van der Waals surface area contributed by atoms with Gasteiger partial charge in [-0.05, 0) is 31.7 Å². The van der Waals surface area contributed by atoms with Crippen molar-refractivity contribution in [1.29, 1.82) is 0 Å². The molecule has 0 amide bonds. The third-order valence-electron chi connectivity index (χ3n) is 4.81. The van der Waals surface area contributed by atoms with Crippen LogP contribution in [0, 0.1) is 5.92 Å². The molecule has 1 saturated carbocycles. The van der Waals surface area contributed by atoms with Crippen LogP contribution in [0.25, 0.3) is 0 Å². The topological polar surface area (TPSA) is 51.4 Å². The van der Waals surface area contributed by atoms with Crippen molar-refractivity contribution in [3.05, 3.63) is 11.7 Å². The van der Waals surface area contributed by atoms with Crippen molar-refractivity contribution >= 4 is 0 Å². The van der Waals surface area contributed by atoms with E-state index in [0.717, 1.165) is 24.9 Å². The van der Waals surface area contributed by atoms with Gasteiger partial charge in [-0.25, -0.2) is 0 Å². The van der Waals surface area contributed by atoms with Crippen molar-refractivity contribution in [2.24, 2.45) is 5.92 Å². The standard InChI is InChI=1S/C14H21N3O2/c1-9-6-11(9)14-15-13(16-19-14)12-7-17-5-3-2-4-10(17)8-18-12/h9-12H,2-8H2,1H3/t9-,10-,11-,12-/m1/s1. The lowest BCUT2D eigenvalue weighted by atomic mass is 10.0. The SMILES string of the molecule is C[C@@H]1C[C@H]1c1nc([C@H]2CN3CCCC[C@@H]3CO2)no1. The summed E-state index contributed by atoms with van der Waals surface area (Å²) in [6.07, 6.45) is 5.09. The van der Waals surface area contributed by atoms with E-state index in [9.17, 15) is 0 Å². The summed E-state index contributed by atoms with van der Waals surface area (Å²) in [7, 11) is 0. The van der Waals surface area contributed by atoms with E-state index < -0.39 is 0 Å². The molecule has 5 heteroatoms. The molecular formula is C14H21N3O2. The molecule has 2 saturated heterocycles. The summed E-state index contributed by atoms with van der Waals surface area (Å²) in [6, 6.07) is 0.611. The van der Waals surface area contributed by atoms with Crippen molar-refractivity contribution in [3.8, 4) is 0 Å². The van der Waals surface area contributed by atoms with Gasteiger partial charge in [0.2, 0.25) is 11.7 Å². The van der Waals surface area contributed by atoms with E-state index in [1.807, 2.05) is 0 Å². The Bertz CT molecular complexity index is 461. The van der Waals surface area contributed by atoms with E-state index in [0.29, 0.717) is 17.9 Å². The Morgan fingerprint density at radius 1 is 1.32 bits per heavy atom. The summed E-state index contributed by atoms with van der Waals surface area (Å²) in [4.78, 5) is 7.09. The molecule has 0 aromatic carbocycles. The lowest BCUT2D eigenvalue weighted by molar-refractivity contribution is -0.0805. The van der Waals surface area contributed by atoms with Crippen molar-refractivity contribution in [1.82, 2.24) is 15.0 Å². The number of hydrogen-bond acceptors (Lipinski definition) is 5. The van der Waals surface area contributed by atoms with Crippen LogP contribution in [0.3, 0.4) is 0 Å². The minimum Gasteiger partial charge on any atom is -0.367 e. The van der Waals surface area contributed by atoms with E-state index >= 15 is 0 Å². The van der Waals surface area contributed by atoms with Crippen LogP contribution in [0.2, 0.25) is 0 Å². The average Bonchev–Trinajstić information content (AvgIpc) is 3.00. The Morgan fingerprint density at radius 3 is 3.05 bits per heavy atom. The second-order valence-corrected chi connectivity index (χ2v) is 6.28. The highest BCUT2D eigenvalue weighted by molar-refractivity contribution is 5.07. The Morgan fingerprint density at radius 2 is 2.21 bits per heavy atom. The Labute approximate surface area is 113 Å². The van der Waals surface area contributed by atoms with Crippen molar-refractivity contribution < 1.29 is 9.26 Å². The molecule has 0 N–H and O–H groups in total. The Kier molecular flexibility index (Phi) is 2.84. The van der Waals surface area contributed by atoms with Gasteiger partial charge in [-0.1, -0.05) is 18.5 Å². The molecular weight excluding hydrogens is 242 g/mol. The van der Waals surface area contributed by atoms with E-state index in [2.05, 4.69) is 22.0 Å². The number of hydrogen-bond donors (Lipinski definition) is 0. The van der Waals surface area contributed by atoms with Crippen LogP contribution in [-0.2, 0) is 4.74 Å². The van der Waals surface area contributed by atoms with Gasteiger partial charge in [-0.2, -0.15) is 4.98 Å². The molecule has 5 nitrogen and oxygen atoms in total. The van der Waals surface area contributed by atoms with Gasteiger partial charge in [0.05, 0.1) is 6.61 Å². The smallest absolute Gasteiger partial charge is 0.230 e. The fraction of sp³-hybridized carbons (Fsp3) is 0.857. The average molecular weight is 263 g/mol. The fourth-order valence-corrected chi connectivity index (χ4v) is 3.33. The first-order chi connectivity index (χ1) is 9.31. The van der Waals surface area contributed by atoms with Crippen LogP contribution in [0.1, 0.15) is 56.3 Å². The predicted molar refractivity (Wildman–Crippen MR) is 68.7 cm³/mol. The van der Waals surface area contributed by atoms with E-state index in [1.165, 1.54) is 32.2 Å². The first-order valence-corrected chi connectivity index (χ1v) is 7.50. The lowest BCUT2D eigenvalue weighted by Crippen LogP contribution is -2.49. The lowest BCUT2D eigenvalue weighted by Gasteiger charge is -2.41. The zero-order valence-electron chi connectivity index (χ0n) is 11.4. The van der Waals surface area contributed by atoms with Gasteiger partial charge >= 0.3 is 0 Å².